The molecule has 1 N–H and O–H groups in total. The molecule has 3 aromatic rings. The first-order valence-corrected chi connectivity index (χ1v) is 7.25. The van der Waals surface area contributed by atoms with Crippen LogP contribution in [0, 0.1) is 5.41 Å². The maximum Gasteiger partial charge on any atom is 0.171 e. The minimum Gasteiger partial charge on any atom is -0.344 e. The van der Waals surface area contributed by atoms with Crippen LogP contribution in [0.3, 0.4) is 0 Å². The van der Waals surface area contributed by atoms with E-state index in [-0.39, 0.29) is 5.78 Å². The maximum absolute atomic E-state index is 12.5. The second-order valence-electron chi connectivity index (χ2n) is 6.10. The average molecular weight is 315 g/mol. The van der Waals surface area contributed by atoms with Gasteiger partial charge in [-0.15, -0.1) is 0 Å². The molecule has 0 saturated carbocycles. The number of Topliss-reactive ketones (excluding diaryl/α,β-unsaturated/α-hetero) is 1. The van der Waals surface area contributed by atoms with Crippen molar-refractivity contribution >= 4 is 28.5 Å². The molecule has 0 saturated heterocycles. The van der Waals surface area contributed by atoms with Crippen molar-refractivity contribution in [3.63, 3.8) is 0 Å². The van der Waals surface area contributed by atoms with Crippen LogP contribution in [0.4, 0.5) is 0 Å². The zero-order valence-corrected chi connectivity index (χ0v) is 13.3. The quantitative estimate of drug-likeness (QED) is 0.575. The third-order valence-corrected chi connectivity index (χ3v) is 3.54. The number of hydrogen-bond acceptors (Lipinski definition) is 4. The van der Waals surface area contributed by atoms with Crippen molar-refractivity contribution in [2.75, 3.05) is 0 Å². The van der Waals surface area contributed by atoms with Gasteiger partial charge in [0.2, 0.25) is 0 Å². The molecule has 3 heterocycles. The lowest BCUT2D eigenvalue weighted by Crippen LogP contribution is -2.20. The van der Waals surface area contributed by atoms with Crippen molar-refractivity contribution in [2.45, 2.75) is 20.8 Å². The van der Waals surface area contributed by atoms with Gasteiger partial charge in [0.1, 0.15) is 10.7 Å². The summed E-state index contributed by atoms with van der Waals surface area (Å²) in [7, 11) is 0. The van der Waals surface area contributed by atoms with Crippen LogP contribution in [0.25, 0.3) is 22.4 Å². The Hall–Kier alpha value is -2.27. The molecule has 0 aliphatic rings. The lowest BCUT2D eigenvalue weighted by Gasteiger charge is -2.15. The molecule has 22 heavy (non-hydrogen) atoms. The largest absolute Gasteiger partial charge is 0.344 e. The third kappa shape index (κ3) is 2.60. The van der Waals surface area contributed by atoms with Gasteiger partial charge in [0.05, 0.1) is 17.5 Å². The highest BCUT2D eigenvalue weighted by Crippen LogP contribution is 2.27. The fraction of sp³-hybridized carbons (Fsp3) is 0.250. The van der Waals surface area contributed by atoms with Crippen LogP contribution in [0.1, 0.15) is 31.1 Å². The molecule has 0 unspecified atom stereocenters. The standard InChI is InChI=1S/C16H15ClN4O/c1-16(2,3)14(22)10-7-19-15-13(10)21-11(8-20-15)9-4-5-18-12(17)6-9/h4-8H,1-3H3,(H,19,20). The van der Waals surface area contributed by atoms with Crippen molar-refractivity contribution in [1.29, 1.82) is 0 Å². The highest BCUT2D eigenvalue weighted by molar-refractivity contribution is 6.29. The molecule has 3 aromatic heterocycles. The van der Waals surface area contributed by atoms with Gasteiger partial charge in [-0.3, -0.25) is 4.79 Å². The highest BCUT2D eigenvalue weighted by Gasteiger charge is 2.26. The van der Waals surface area contributed by atoms with Crippen LogP contribution in [0.15, 0.2) is 30.7 Å². The molecule has 0 atom stereocenters. The summed E-state index contributed by atoms with van der Waals surface area (Å²) in [6, 6.07) is 3.52. The summed E-state index contributed by atoms with van der Waals surface area (Å²) in [6.45, 7) is 5.65. The molecule has 0 radical (unpaired) electrons. The minimum absolute atomic E-state index is 0.0259. The van der Waals surface area contributed by atoms with Crippen LogP contribution in [0.2, 0.25) is 5.15 Å². The monoisotopic (exact) mass is 314 g/mol. The molecule has 0 bridgehead atoms. The van der Waals surface area contributed by atoms with E-state index in [2.05, 4.69) is 19.9 Å². The van der Waals surface area contributed by atoms with Crippen LogP contribution in [-0.2, 0) is 0 Å². The van der Waals surface area contributed by atoms with Crippen LogP contribution in [-0.4, -0.2) is 25.7 Å². The predicted octanol–water partition coefficient (Wildman–Crippen LogP) is 3.90. The van der Waals surface area contributed by atoms with Gasteiger partial charge in [0, 0.05) is 23.4 Å². The number of nitrogens with zero attached hydrogens (tertiary/aromatic N) is 3. The van der Waals surface area contributed by atoms with Gasteiger partial charge < -0.3 is 4.98 Å². The molecule has 112 valence electrons. The zero-order chi connectivity index (χ0) is 15.9. The van der Waals surface area contributed by atoms with Crippen LogP contribution >= 0.6 is 11.6 Å². The van der Waals surface area contributed by atoms with Gasteiger partial charge in [0.15, 0.2) is 11.4 Å². The number of carbonyl (C=O) groups excluding carboxylic acids is 1. The van der Waals surface area contributed by atoms with Gasteiger partial charge in [-0.25, -0.2) is 15.0 Å². The molecular weight excluding hydrogens is 300 g/mol. The fourth-order valence-electron chi connectivity index (χ4n) is 2.17. The van der Waals surface area contributed by atoms with Crippen LogP contribution in [0.5, 0.6) is 0 Å². The van der Waals surface area contributed by atoms with Crippen LogP contribution < -0.4 is 0 Å². The molecule has 0 aliphatic heterocycles. The first-order valence-electron chi connectivity index (χ1n) is 6.87. The Labute approximate surface area is 132 Å². The zero-order valence-electron chi connectivity index (χ0n) is 12.5. The topological polar surface area (TPSA) is 71.5 Å². The lowest BCUT2D eigenvalue weighted by molar-refractivity contribution is 0.0860. The predicted molar refractivity (Wildman–Crippen MR) is 85.9 cm³/mol. The summed E-state index contributed by atoms with van der Waals surface area (Å²) in [6.07, 6.45) is 4.93. The first kappa shape index (κ1) is 14.7. The van der Waals surface area contributed by atoms with Crippen molar-refractivity contribution in [3.8, 4) is 11.3 Å². The SMILES string of the molecule is CC(C)(C)C(=O)c1c[nH]c2ncc(-c3ccnc(Cl)c3)nc12. The number of carbonyl (C=O) groups is 1. The normalized spacial score (nSPS) is 11.8. The fourth-order valence-corrected chi connectivity index (χ4v) is 2.34. The maximum atomic E-state index is 12.5. The smallest absolute Gasteiger partial charge is 0.171 e. The molecular formula is C16H15ClN4O. The molecule has 0 aliphatic carbocycles. The van der Waals surface area contributed by atoms with E-state index in [1.165, 1.54) is 0 Å². The summed E-state index contributed by atoms with van der Waals surface area (Å²) in [5.41, 5.74) is 2.70. The van der Waals surface area contributed by atoms with E-state index in [9.17, 15) is 4.79 Å². The molecule has 0 amide bonds. The third-order valence-electron chi connectivity index (χ3n) is 3.33. The molecule has 0 fully saturated rings. The van der Waals surface area contributed by atoms with Gasteiger partial charge in [0.25, 0.3) is 0 Å². The summed E-state index contributed by atoms with van der Waals surface area (Å²) < 4.78 is 0. The van der Waals surface area contributed by atoms with Crippen molar-refractivity contribution in [3.05, 3.63) is 41.4 Å². The number of aromatic nitrogens is 4. The molecule has 3 rings (SSSR count). The number of hydrogen-bond donors (Lipinski definition) is 1. The van der Waals surface area contributed by atoms with E-state index in [1.54, 1.807) is 30.7 Å². The van der Waals surface area contributed by atoms with E-state index < -0.39 is 5.41 Å². The summed E-state index contributed by atoms with van der Waals surface area (Å²) in [5, 5.41) is 0.388. The van der Waals surface area contributed by atoms with Gasteiger partial charge >= 0.3 is 0 Å². The Morgan fingerprint density at radius 3 is 2.73 bits per heavy atom. The summed E-state index contributed by atoms with van der Waals surface area (Å²) >= 11 is 5.91. The minimum atomic E-state index is -0.479. The Kier molecular flexibility index (Phi) is 3.45. The van der Waals surface area contributed by atoms with Gasteiger partial charge in [-0.1, -0.05) is 32.4 Å². The number of fused-ring (bicyclic) bond motifs is 1. The van der Waals surface area contributed by atoms with Gasteiger partial charge in [-0.2, -0.15) is 0 Å². The number of halogens is 1. The highest BCUT2D eigenvalue weighted by atomic mass is 35.5. The van der Waals surface area contributed by atoms with Crippen molar-refractivity contribution in [1.82, 2.24) is 19.9 Å². The number of nitrogens with one attached hydrogen (secondary N) is 1. The molecule has 5 nitrogen and oxygen atoms in total. The number of rotatable bonds is 2. The van der Waals surface area contributed by atoms with E-state index >= 15 is 0 Å². The van der Waals surface area contributed by atoms with E-state index in [4.69, 9.17) is 11.6 Å². The van der Waals surface area contributed by atoms with E-state index in [0.29, 0.717) is 27.6 Å². The first-order chi connectivity index (χ1) is 10.4. The molecule has 0 spiro atoms. The second kappa shape index (κ2) is 5.18. The van der Waals surface area contributed by atoms with E-state index in [0.717, 1.165) is 5.56 Å². The number of pyridine rings is 1. The van der Waals surface area contributed by atoms with E-state index in [1.807, 2.05) is 20.8 Å². The average Bonchev–Trinajstić information content (AvgIpc) is 2.88. The number of H-pyrrole nitrogens is 1. The molecule has 0 aromatic carbocycles. The Bertz CT molecular complexity index is 864. The Balaban J connectivity index is 2.15. The van der Waals surface area contributed by atoms with Crippen molar-refractivity contribution < 1.29 is 4.79 Å². The summed E-state index contributed by atoms with van der Waals surface area (Å²) in [4.78, 5) is 28.4. The number of aromatic amines is 1. The van der Waals surface area contributed by atoms with Gasteiger partial charge in [-0.05, 0) is 12.1 Å². The molecule has 6 heteroatoms. The Morgan fingerprint density at radius 1 is 1.27 bits per heavy atom. The Morgan fingerprint density at radius 2 is 2.05 bits per heavy atom. The van der Waals surface area contributed by atoms with Crippen molar-refractivity contribution in [2.24, 2.45) is 5.41 Å². The lowest BCUT2D eigenvalue weighted by atomic mass is 9.87. The summed E-state index contributed by atoms with van der Waals surface area (Å²) in [5.74, 6) is 0.0259. The number of ketones is 1. The second-order valence-corrected chi connectivity index (χ2v) is 6.49.